The van der Waals surface area contributed by atoms with E-state index in [0.717, 1.165) is 14.4 Å². The fourth-order valence-electron chi connectivity index (χ4n) is 1.15. The van der Waals surface area contributed by atoms with Gasteiger partial charge in [0.1, 0.15) is 4.34 Å². The molecule has 0 amide bonds. The van der Waals surface area contributed by atoms with Crippen LogP contribution in [0.1, 0.15) is 16.0 Å². The van der Waals surface area contributed by atoms with Crippen molar-refractivity contribution in [1.82, 2.24) is 4.98 Å². The Bertz CT molecular complexity index is 423. The number of thiazole rings is 1. The fraction of sp³-hybridized carbons (Fsp3) is 0.222. The standard InChI is InChI=1S/C9H7BrClNOS2/c10-5-3-7(15-9(5)11)6(13)4-8-12-1-2-14-8/h1-3,6,13H,4H2. The molecule has 0 spiro atoms. The molecule has 0 aromatic carbocycles. The minimum Gasteiger partial charge on any atom is -0.387 e. The third-order valence-corrected chi connectivity index (χ3v) is 5.22. The predicted octanol–water partition coefficient (Wildman–Crippen LogP) is 3.90. The molecule has 1 atom stereocenters. The van der Waals surface area contributed by atoms with E-state index in [1.165, 1.54) is 11.3 Å². The zero-order chi connectivity index (χ0) is 10.8. The van der Waals surface area contributed by atoms with Crippen LogP contribution in [0, 0.1) is 0 Å². The number of aromatic nitrogens is 1. The van der Waals surface area contributed by atoms with Crippen LogP contribution in [-0.2, 0) is 6.42 Å². The van der Waals surface area contributed by atoms with Crippen LogP contribution in [-0.4, -0.2) is 10.1 Å². The summed E-state index contributed by atoms with van der Waals surface area (Å²) < 4.78 is 1.51. The third-order valence-electron chi connectivity index (χ3n) is 1.84. The summed E-state index contributed by atoms with van der Waals surface area (Å²) >= 11 is 12.2. The van der Waals surface area contributed by atoms with Gasteiger partial charge in [0, 0.05) is 27.3 Å². The lowest BCUT2D eigenvalue weighted by atomic mass is 10.2. The van der Waals surface area contributed by atoms with E-state index >= 15 is 0 Å². The van der Waals surface area contributed by atoms with E-state index in [-0.39, 0.29) is 0 Å². The van der Waals surface area contributed by atoms with Gasteiger partial charge in [-0.25, -0.2) is 4.98 Å². The molecule has 2 aromatic heterocycles. The summed E-state index contributed by atoms with van der Waals surface area (Å²) in [5.41, 5.74) is 0. The van der Waals surface area contributed by atoms with Crippen molar-refractivity contribution in [2.24, 2.45) is 0 Å². The molecule has 0 aliphatic carbocycles. The maximum atomic E-state index is 9.93. The molecule has 0 aliphatic heterocycles. The summed E-state index contributed by atoms with van der Waals surface area (Å²) in [6, 6.07) is 1.85. The summed E-state index contributed by atoms with van der Waals surface area (Å²) in [5.74, 6) is 0. The van der Waals surface area contributed by atoms with Crippen molar-refractivity contribution in [3.63, 3.8) is 0 Å². The normalized spacial score (nSPS) is 13.0. The van der Waals surface area contributed by atoms with Gasteiger partial charge in [0.25, 0.3) is 0 Å². The molecule has 0 saturated carbocycles. The lowest BCUT2D eigenvalue weighted by Gasteiger charge is -2.04. The molecule has 2 rings (SSSR count). The molecule has 0 aliphatic rings. The minimum absolute atomic E-state index is 0.523. The average molecular weight is 325 g/mol. The number of hydrogen-bond donors (Lipinski definition) is 1. The first-order valence-electron chi connectivity index (χ1n) is 4.18. The van der Waals surface area contributed by atoms with Gasteiger partial charge >= 0.3 is 0 Å². The summed E-state index contributed by atoms with van der Waals surface area (Å²) in [5, 5.41) is 12.8. The minimum atomic E-state index is -0.523. The highest BCUT2D eigenvalue weighted by atomic mass is 79.9. The van der Waals surface area contributed by atoms with Crippen molar-refractivity contribution in [3.8, 4) is 0 Å². The summed E-state index contributed by atoms with van der Waals surface area (Å²) in [6.45, 7) is 0. The van der Waals surface area contributed by atoms with Crippen molar-refractivity contribution in [3.05, 3.63) is 36.3 Å². The van der Waals surface area contributed by atoms with Gasteiger partial charge < -0.3 is 5.11 Å². The lowest BCUT2D eigenvalue weighted by molar-refractivity contribution is 0.182. The van der Waals surface area contributed by atoms with Crippen LogP contribution in [0.5, 0.6) is 0 Å². The number of hydrogen-bond acceptors (Lipinski definition) is 4. The maximum absolute atomic E-state index is 9.93. The Kier molecular flexibility index (Phi) is 3.79. The Labute approximate surface area is 109 Å². The fourth-order valence-corrected chi connectivity index (χ4v) is 3.52. The van der Waals surface area contributed by atoms with Crippen LogP contribution < -0.4 is 0 Å². The van der Waals surface area contributed by atoms with Crippen LogP contribution in [0.15, 0.2) is 22.1 Å². The Morgan fingerprint density at radius 2 is 2.40 bits per heavy atom. The second-order valence-corrected chi connectivity index (χ2v) is 6.44. The van der Waals surface area contributed by atoms with E-state index in [9.17, 15) is 5.11 Å². The lowest BCUT2D eigenvalue weighted by Crippen LogP contribution is -1.98. The van der Waals surface area contributed by atoms with Gasteiger partial charge in [-0.05, 0) is 22.0 Å². The number of aliphatic hydroxyl groups excluding tert-OH is 1. The van der Waals surface area contributed by atoms with Crippen LogP contribution in [0.4, 0.5) is 0 Å². The van der Waals surface area contributed by atoms with Crippen molar-refractivity contribution >= 4 is 50.2 Å². The monoisotopic (exact) mass is 323 g/mol. The van der Waals surface area contributed by atoms with E-state index in [4.69, 9.17) is 11.6 Å². The Balaban J connectivity index is 2.11. The van der Waals surface area contributed by atoms with E-state index < -0.39 is 6.10 Å². The van der Waals surface area contributed by atoms with Gasteiger partial charge in [-0.3, -0.25) is 0 Å². The van der Waals surface area contributed by atoms with E-state index in [0.29, 0.717) is 10.8 Å². The zero-order valence-electron chi connectivity index (χ0n) is 7.48. The topological polar surface area (TPSA) is 33.1 Å². The van der Waals surface area contributed by atoms with Gasteiger partial charge in [0.05, 0.1) is 11.1 Å². The SMILES string of the molecule is OC(Cc1nccs1)c1cc(Br)c(Cl)s1. The van der Waals surface area contributed by atoms with Crippen molar-refractivity contribution in [2.75, 3.05) is 0 Å². The van der Waals surface area contributed by atoms with E-state index in [1.807, 2.05) is 11.4 Å². The summed E-state index contributed by atoms with van der Waals surface area (Å²) in [7, 11) is 0. The largest absolute Gasteiger partial charge is 0.387 e. The predicted molar refractivity (Wildman–Crippen MR) is 67.8 cm³/mol. The van der Waals surface area contributed by atoms with Gasteiger partial charge in [-0.15, -0.1) is 22.7 Å². The highest BCUT2D eigenvalue weighted by Gasteiger charge is 2.14. The number of rotatable bonds is 3. The summed E-state index contributed by atoms with van der Waals surface area (Å²) in [6.07, 6.45) is 1.76. The molecule has 15 heavy (non-hydrogen) atoms. The van der Waals surface area contributed by atoms with Crippen LogP contribution in [0.3, 0.4) is 0 Å². The second-order valence-electron chi connectivity index (χ2n) is 2.92. The Morgan fingerprint density at radius 1 is 1.60 bits per heavy atom. The second kappa shape index (κ2) is 4.93. The molecule has 0 bridgehead atoms. The molecule has 80 valence electrons. The molecule has 2 aromatic rings. The maximum Gasteiger partial charge on any atom is 0.107 e. The highest BCUT2D eigenvalue weighted by molar-refractivity contribution is 9.10. The molecule has 2 nitrogen and oxygen atoms in total. The first-order chi connectivity index (χ1) is 7.16. The highest BCUT2D eigenvalue weighted by Crippen LogP contribution is 2.36. The molecule has 0 radical (unpaired) electrons. The third kappa shape index (κ3) is 2.79. The van der Waals surface area contributed by atoms with Crippen molar-refractivity contribution < 1.29 is 5.11 Å². The molecule has 6 heteroatoms. The summed E-state index contributed by atoms with van der Waals surface area (Å²) in [4.78, 5) is 4.99. The van der Waals surface area contributed by atoms with Crippen LogP contribution in [0.2, 0.25) is 4.34 Å². The quantitative estimate of drug-likeness (QED) is 0.929. The number of halogens is 2. The molecule has 0 saturated heterocycles. The van der Waals surface area contributed by atoms with Crippen LogP contribution >= 0.6 is 50.2 Å². The van der Waals surface area contributed by atoms with E-state index in [1.54, 1.807) is 17.5 Å². The van der Waals surface area contributed by atoms with Crippen LogP contribution in [0.25, 0.3) is 0 Å². The van der Waals surface area contributed by atoms with E-state index in [2.05, 4.69) is 20.9 Å². The van der Waals surface area contributed by atoms with Gasteiger partial charge in [-0.1, -0.05) is 11.6 Å². The molecular weight excluding hydrogens is 318 g/mol. The first-order valence-corrected chi connectivity index (χ1v) is 7.04. The smallest absolute Gasteiger partial charge is 0.107 e. The Morgan fingerprint density at radius 3 is 2.93 bits per heavy atom. The molecule has 2 heterocycles. The number of aliphatic hydroxyl groups is 1. The molecule has 0 fully saturated rings. The molecule has 1 unspecified atom stereocenters. The molecular formula is C9H7BrClNOS2. The van der Waals surface area contributed by atoms with Gasteiger partial charge in [-0.2, -0.15) is 0 Å². The number of nitrogens with zero attached hydrogens (tertiary/aromatic N) is 1. The zero-order valence-corrected chi connectivity index (χ0v) is 11.5. The average Bonchev–Trinajstić information content (AvgIpc) is 2.78. The van der Waals surface area contributed by atoms with Gasteiger partial charge in [0.15, 0.2) is 0 Å². The van der Waals surface area contributed by atoms with Gasteiger partial charge in [0.2, 0.25) is 0 Å². The van der Waals surface area contributed by atoms with Crippen molar-refractivity contribution in [2.45, 2.75) is 12.5 Å². The van der Waals surface area contributed by atoms with Crippen molar-refractivity contribution in [1.29, 1.82) is 0 Å². The first kappa shape index (κ1) is 11.5. The Hall–Kier alpha value is 0.0600. The number of thiophene rings is 1. The molecule has 1 N–H and O–H groups in total.